The number of halogens is 1. The lowest BCUT2D eigenvalue weighted by atomic mass is 9.91. The Morgan fingerprint density at radius 1 is 1.43 bits per heavy atom. The zero-order valence-electron chi connectivity index (χ0n) is 11.9. The van der Waals surface area contributed by atoms with Crippen LogP contribution >= 0.6 is 11.6 Å². The van der Waals surface area contributed by atoms with Crippen LogP contribution < -0.4 is 5.32 Å². The van der Waals surface area contributed by atoms with Crippen molar-refractivity contribution >= 4 is 23.5 Å². The van der Waals surface area contributed by atoms with Crippen LogP contribution in [0.2, 0.25) is 5.02 Å². The first-order valence-corrected chi connectivity index (χ1v) is 7.05. The smallest absolute Gasteiger partial charge is 0.319 e. The maximum Gasteiger partial charge on any atom is 0.325 e. The zero-order chi connectivity index (χ0) is 15.6. The highest BCUT2D eigenvalue weighted by molar-refractivity contribution is 6.31. The van der Waals surface area contributed by atoms with E-state index in [1.807, 2.05) is 13.0 Å². The molecule has 1 atom stereocenters. The molecular formula is C15H16ClN3O2. The number of unbranched alkanes of at least 4 members (excludes halogenated alkanes) is 1. The third kappa shape index (κ3) is 2.72. The van der Waals surface area contributed by atoms with E-state index < -0.39 is 11.6 Å². The largest absolute Gasteiger partial charge is 0.325 e. The number of carbonyl (C=O) groups is 2. The summed E-state index contributed by atoms with van der Waals surface area (Å²) in [4.78, 5) is 25.7. The van der Waals surface area contributed by atoms with Crippen LogP contribution in [0, 0.1) is 18.3 Å². The minimum atomic E-state index is -1.08. The summed E-state index contributed by atoms with van der Waals surface area (Å²) in [5.41, 5.74) is 0.463. The number of amides is 3. The van der Waals surface area contributed by atoms with Gasteiger partial charge in [0.05, 0.1) is 6.07 Å². The van der Waals surface area contributed by atoms with Crippen molar-refractivity contribution in [2.24, 2.45) is 0 Å². The lowest BCUT2D eigenvalue weighted by Crippen LogP contribution is -2.41. The van der Waals surface area contributed by atoms with E-state index in [9.17, 15) is 9.59 Å². The van der Waals surface area contributed by atoms with Crippen molar-refractivity contribution in [2.45, 2.75) is 32.2 Å². The molecule has 0 aliphatic carbocycles. The Morgan fingerprint density at radius 3 is 2.76 bits per heavy atom. The summed E-state index contributed by atoms with van der Waals surface area (Å²) in [5.74, 6) is -0.299. The van der Waals surface area contributed by atoms with Gasteiger partial charge in [-0.2, -0.15) is 5.26 Å². The molecule has 1 N–H and O–H groups in total. The minimum Gasteiger partial charge on any atom is -0.319 e. The van der Waals surface area contributed by atoms with Crippen molar-refractivity contribution < 1.29 is 9.59 Å². The number of hydrogen-bond acceptors (Lipinski definition) is 3. The van der Waals surface area contributed by atoms with Crippen molar-refractivity contribution in [1.29, 1.82) is 5.26 Å². The molecule has 1 saturated heterocycles. The van der Waals surface area contributed by atoms with Gasteiger partial charge in [0, 0.05) is 18.0 Å². The van der Waals surface area contributed by atoms with E-state index in [0.29, 0.717) is 23.4 Å². The number of imide groups is 1. The number of nitrogens with zero attached hydrogens (tertiary/aromatic N) is 2. The molecule has 21 heavy (non-hydrogen) atoms. The molecule has 1 aliphatic rings. The second-order valence-electron chi connectivity index (χ2n) is 5.24. The van der Waals surface area contributed by atoms with Gasteiger partial charge in [-0.1, -0.05) is 23.7 Å². The van der Waals surface area contributed by atoms with E-state index in [1.54, 1.807) is 25.1 Å². The summed E-state index contributed by atoms with van der Waals surface area (Å²) in [6.45, 7) is 3.78. The predicted molar refractivity (Wildman–Crippen MR) is 78.6 cm³/mol. The summed E-state index contributed by atoms with van der Waals surface area (Å²) < 4.78 is 0. The number of urea groups is 1. The molecule has 0 radical (unpaired) electrons. The number of nitriles is 1. The van der Waals surface area contributed by atoms with Gasteiger partial charge in [0.15, 0.2) is 0 Å². The Hall–Kier alpha value is -2.06. The topological polar surface area (TPSA) is 73.2 Å². The van der Waals surface area contributed by atoms with Crippen LogP contribution in [-0.4, -0.2) is 23.4 Å². The first kappa shape index (κ1) is 15.3. The van der Waals surface area contributed by atoms with E-state index in [2.05, 4.69) is 5.32 Å². The average molecular weight is 306 g/mol. The standard InChI is InChI=1S/C15H16ClN3O2/c1-10-9-11(5-6-12(10)16)15(2)13(20)19(14(21)18-15)8-4-3-7-17/h5-6,9H,3-4,8H2,1-2H3,(H,18,21). The van der Waals surface area contributed by atoms with Crippen LogP contribution in [0.3, 0.4) is 0 Å². The van der Waals surface area contributed by atoms with Gasteiger partial charge in [0.1, 0.15) is 5.54 Å². The minimum absolute atomic E-state index is 0.250. The van der Waals surface area contributed by atoms with Crippen LogP contribution in [0.25, 0.3) is 0 Å². The summed E-state index contributed by atoms with van der Waals surface area (Å²) >= 11 is 6.00. The monoisotopic (exact) mass is 305 g/mol. The van der Waals surface area contributed by atoms with Gasteiger partial charge in [0.25, 0.3) is 5.91 Å². The molecular weight excluding hydrogens is 290 g/mol. The quantitative estimate of drug-likeness (QED) is 0.686. The third-order valence-corrected chi connectivity index (χ3v) is 4.10. The fourth-order valence-corrected chi connectivity index (χ4v) is 2.49. The number of carbonyl (C=O) groups excluding carboxylic acids is 2. The highest BCUT2D eigenvalue weighted by Crippen LogP contribution is 2.31. The number of nitrogens with one attached hydrogen (secondary N) is 1. The second-order valence-corrected chi connectivity index (χ2v) is 5.64. The lowest BCUT2D eigenvalue weighted by molar-refractivity contribution is -0.131. The van der Waals surface area contributed by atoms with E-state index in [4.69, 9.17) is 16.9 Å². The molecule has 0 spiro atoms. The van der Waals surface area contributed by atoms with Crippen LogP contribution in [0.1, 0.15) is 30.9 Å². The molecule has 6 heteroatoms. The van der Waals surface area contributed by atoms with Gasteiger partial charge in [-0.15, -0.1) is 0 Å². The zero-order valence-corrected chi connectivity index (χ0v) is 12.7. The van der Waals surface area contributed by atoms with E-state index >= 15 is 0 Å². The van der Waals surface area contributed by atoms with Gasteiger partial charge >= 0.3 is 6.03 Å². The molecule has 110 valence electrons. The molecule has 3 amide bonds. The molecule has 0 bridgehead atoms. The Bertz CT molecular complexity index is 638. The molecule has 2 rings (SSSR count). The van der Waals surface area contributed by atoms with Crippen LogP contribution in [-0.2, 0) is 10.3 Å². The third-order valence-electron chi connectivity index (χ3n) is 3.68. The van der Waals surface area contributed by atoms with Gasteiger partial charge in [0.2, 0.25) is 0 Å². The van der Waals surface area contributed by atoms with Crippen LogP contribution in [0.15, 0.2) is 18.2 Å². The molecule has 1 aromatic rings. The Labute approximate surface area is 128 Å². The fourth-order valence-electron chi connectivity index (χ4n) is 2.37. The number of aryl methyl sites for hydroxylation is 1. The summed E-state index contributed by atoms with van der Waals surface area (Å²) in [6, 6.07) is 6.84. The molecule has 0 saturated carbocycles. The SMILES string of the molecule is Cc1cc(C2(C)NC(=O)N(CCCC#N)C2=O)ccc1Cl. The first-order chi connectivity index (χ1) is 9.90. The van der Waals surface area contributed by atoms with Crippen molar-refractivity contribution in [1.82, 2.24) is 10.2 Å². The van der Waals surface area contributed by atoms with Crippen molar-refractivity contribution in [3.8, 4) is 6.07 Å². The van der Waals surface area contributed by atoms with Gasteiger partial charge < -0.3 is 5.32 Å². The van der Waals surface area contributed by atoms with Gasteiger partial charge in [-0.05, 0) is 37.5 Å². The molecule has 1 unspecified atom stereocenters. The molecule has 1 aliphatic heterocycles. The molecule has 0 aromatic heterocycles. The van der Waals surface area contributed by atoms with Crippen molar-refractivity contribution in [2.75, 3.05) is 6.54 Å². The van der Waals surface area contributed by atoms with E-state index in [-0.39, 0.29) is 12.5 Å². The number of benzene rings is 1. The lowest BCUT2D eigenvalue weighted by Gasteiger charge is -2.23. The van der Waals surface area contributed by atoms with E-state index in [0.717, 1.165) is 5.56 Å². The fraction of sp³-hybridized carbons (Fsp3) is 0.400. The van der Waals surface area contributed by atoms with Gasteiger partial charge in [-0.25, -0.2) is 4.79 Å². The normalized spacial score (nSPS) is 21.3. The summed E-state index contributed by atoms with van der Waals surface area (Å²) in [5, 5.41) is 11.9. The van der Waals surface area contributed by atoms with Crippen molar-refractivity contribution in [3.05, 3.63) is 34.3 Å². The van der Waals surface area contributed by atoms with Gasteiger partial charge in [-0.3, -0.25) is 9.69 Å². The Balaban J connectivity index is 2.27. The van der Waals surface area contributed by atoms with Crippen LogP contribution in [0.4, 0.5) is 4.79 Å². The first-order valence-electron chi connectivity index (χ1n) is 6.68. The molecule has 1 aromatic carbocycles. The second kappa shape index (κ2) is 5.74. The average Bonchev–Trinajstić information content (AvgIpc) is 2.66. The number of rotatable bonds is 4. The molecule has 1 fully saturated rings. The molecule has 5 nitrogen and oxygen atoms in total. The highest BCUT2D eigenvalue weighted by Gasteiger charge is 2.48. The van der Waals surface area contributed by atoms with E-state index in [1.165, 1.54) is 4.90 Å². The number of hydrogen-bond donors (Lipinski definition) is 1. The predicted octanol–water partition coefficient (Wildman–Crippen LogP) is 2.72. The summed E-state index contributed by atoms with van der Waals surface area (Å²) in [7, 11) is 0. The maximum atomic E-state index is 12.6. The highest BCUT2D eigenvalue weighted by atomic mass is 35.5. The summed E-state index contributed by atoms with van der Waals surface area (Å²) in [6.07, 6.45) is 0.791. The maximum absolute atomic E-state index is 12.6. The Morgan fingerprint density at radius 2 is 2.14 bits per heavy atom. The molecule has 1 heterocycles. The van der Waals surface area contributed by atoms with Crippen molar-refractivity contribution in [3.63, 3.8) is 0 Å². The van der Waals surface area contributed by atoms with Crippen LogP contribution in [0.5, 0.6) is 0 Å². The Kier molecular flexibility index (Phi) is 4.19.